The molecule has 0 spiro atoms. The van der Waals surface area contributed by atoms with Gasteiger partial charge in [-0.3, -0.25) is 14.5 Å². The summed E-state index contributed by atoms with van der Waals surface area (Å²) in [6.45, 7) is 4.48. The molecule has 0 aliphatic carbocycles. The van der Waals surface area contributed by atoms with Crippen LogP contribution in [0.5, 0.6) is 5.75 Å². The van der Waals surface area contributed by atoms with Crippen molar-refractivity contribution in [2.24, 2.45) is 0 Å². The standard InChI is InChI=1S/C17H22N2O3S/c1-2-9-22-14-5-3-13(4-6-14)19-16(20)12-15(17(19)21)18-7-10-23-11-8-18/h3-6,15H,2,7-12H2,1H3/t15-/m0/s1. The predicted octanol–water partition coefficient (Wildman–Crippen LogP) is 2.16. The lowest BCUT2D eigenvalue weighted by atomic mass is 10.2. The van der Waals surface area contributed by atoms with Crippen molar-refractivity contribution >= 4 is 29.3 Å². The Morgan fingerprint density at radius 1 is 1.17 bits per heavy atom. The summed E-state index contributed by atoms with van der Waals surface area (Å²) in [7, 11) is 0. The topological polar surface area (TPSA) is 49.9 Å². The number of nitrogens with zero attached hydrogens (tertiary/aromatic N) is 2. The first kappa shape index (κ1) is 16.3. The Kier molecular flexibility index (Phi) is 5.23. The van der Waals surface area contributed by atoms with Crippen LogP contribution in [0.4, 0.5) is 5.69 Å². The molecule has 1 aromatic rings. The Morgan fingerprint density at radius 3 is 2.52 bits per heavy atom. The molecule has 2 aliphatic rings. The molecular formula is C17H22N2O3S. The van der Waals surface area contributed by atoms with E-state index in [4.69, 9.17) is 4.74 Å². The summed E-state index contributed by atoms with van der Waals surface area (Å²) in [5.41, 5.74) is 0.637. The van der Waals surface area contributed by atoms with E-state index in [0.29, 0.717) is 12.3 Å². The molecule has 0 aromatic heterocycles. The molecule has 0 N–H and O–H groups in total. The van der Waals surface area contributed by atoms with Crippen molar-refractivity contribution in [3.8, 4) is 5.75 Å². The summed E-state index contributed by atoms with van der Waals surface area (Å²) in [5, 5.41) is 0. The monoisotopic (exact) mass is 334 g/mol. The Labute approximate surface area is 141 Å². The van der Waals surface area contributed by atoms with Crippen LogP contribution in [-0.4, -0.2) is 54.0 Å². The molecular weight excluding hydrogens is 312 g/mol. The zero-order chi connectivity index (χ0) is 16.2. The molecule has 1 aromatic carbocycles. The van der Waals surface area contributed by atoms with Gasteiger partial charge in [0.15, 0.2) is 0 Å². The lowest BCUT2D eigenvalue weighted by molar-refractivity contribution is -0.122. The maximum Gasteiger partial charge on any atom is 0.251 e. The molecule has 0 radical (unpaired) electrons. The van der Waals surface area contributed by atoms with Crippen LogP contribution in [0.15, 0.2) is 24.3 Å². The fourth-order valence-electron chi connectivity index (χ4n) is 2.97. The van der Waals surface area contributed by atoms with E-state index in [9.17, 15) is 9.59 Å². The number of imide groups is 1. The molecule has 124 valence electrons. The molecule has 23 heavy (non-hydrogen) atoms. The van der Waals surface area contributed by atoms with Gasteiger partial charge in [0.2, 0.25) is 5.91 Å². The van der Waals surface area contributed by atoms with Crippen LogP contribution in [0.2, 0.25) is 0 Å². The molecule has 0 bridgehead atoms. The minimum absolute atomic E-state index is 0.0934. The van der Waals surface area contributed by atoms with Gasteiger partial charge >= 0.3 is 0 Å². The molecule has 1 atom stereocenters. The van der Waals surface area contributed by atoms with E-state index < -0.39 is 0 Å². The van der Waals surface area contributed by atoms with Gasteiger partial charge in [-0.1, -0.05) is 6.92 Å². The summed E-state index contributed by atoms with van der Waals surface area (Å²) < 4.78 is 5.54. The van der Waals surface area contributed by atoms with Crippen molar-refractivity contribution in [3.05, 3.63) is 24.3 Å². The molecule has 3 rings (SSSR count). The van der Waals surface area contributed by atoms with Crippen molar-refractivity contribution in [3.63, 3.8) is 0 Å². The van der Waals surface area contributed by atoms with Gasteiger partial charge in [-0.2, -0.15) is 11.8 Å². The van der Waals surface area contributed by atoms with Gasteiger partial charge in [0.25, 0.3) is 5.91 Å². The summed E-state index contributed by atoms with van der Waals surface area (Å²) in [4.78, 5) is 28.5. The van der Waals surface area contributed by atoms with Crippen molar-refractivity contribution < 1.29 is 14.3 Å². The lowest BCUT2D eigenvalue weighted by Crippen LogP contribution is -2.45. The number of benzene rings is 1. The number of ether oxygens (including phenoxy) is 1. The minimum Gasteiger partial charge on any atom is -0.494 e. The van der Waals surface area contributed by atoms with Gasteiger partial charge in [-0.15, -0.1) is 0 Å². The number of thioether (sulfide) groups is 1. The highest BCUT2D eigenvalue weighted by molar-refractivity contribution is 7.99. The number of hydrogen-bond acceptors (Lipinski definition) is 5. The van der Waals surface area contributed by atoms with E-state index >= 15 is 0 Å². The van der Waals surface area contributed by atoms with Crippen LogP contribution in [0.3, 0.4) is 0 Å². The first-order valence-electron chi connectivity index (χ1n) is 8.12. The molecule has 2 amide bonds. The molecule has 6 heteroatoms. The maximum atomic E-state index is 12.7. The maximum absolute atomic E-state index is 12.7. The smallest absolute Gasteiger partial charge is 0.251 e. The van der Waals surface area contributed by atoms with Crippen LogP contribution < -0.4 is 9.64 Å². The van der Waals surface area contributed by atoms with Gasteiger partial charge < -0.3 is 4.74 Å². The summed E-state index contributed by atoms with van der Waals surface area (Å²) in [6.07, 6.45) is 1.23. The summed E-state index contributed by atoms with van der Waals surface area (Å²) in [6, 6.07) is 6.91. The van der Waals surface area contributed by atoms with Crippen molar-refractivity contribution in [1.82, 2.24) is 4.90 Å². The van der Waals surface area contributed by atoms with E-state index in [1.54, 1.807) is 12.1 Å². The number of carbonyl (C=O) groups is 2. The normalized spacial score (nSPS) is 22.7. The fourth-order valence-corrected chi connectivity index (χ4v) is 3.90. The van der Waals surface area contributed by atoms with Gasteiger partial charge in [0, 0.05) is 24.6 Å². The molecule has 2 saturated heterocycles. The second-order valence-corrected chi connectivity index (χ2v) is 7.00. The van der Waals surface area contributed by atoms with Crippen LogP contribution in [0.1, 0.15) is 19.8 Å². The molecule has 0 unspecified atom stereocenters. The van der Waals surface area contributed by atoms with E-state index in [2.05, 4.69) is 11.8 Å². The zero-order valence-corrected chi connectivity index (χ0v) is 14.2. The van der Waals surface area contributed by atoms with Gasteiger partial charge in [-0.25, -0.2) is 4.90 Å². The lowest BCUT2D eigenvalue weighted by Gasteiger charge is -2.30. The number of amides is 2. The molecule has 2 fully saturated rings. The van der Waals surface area contributed by atoms with Crippen LogP contribution >= 0.6 is 11.8 Å². The second kappa shape index (κ2) is 7.36. The van der Waals surface area contributed by atoms with Crippen LogP contribution in [0.25, 0.3) is 0 Å². The highest BCUT2D eigenvalue weighted by Gasteiger charge is 2.42. The van der Waals surface area contributed by atoms with Crippen LogP contribution in [-0.2, 0) is 9.59 Å². The zero-order valence-electron chi connectivity index (χ0n) is 13.4. The second-order valence-electron chi connectivity index (χ2n) is 5.78. The average molecular weight is 334 g/mol. The largest absolute Gasteiger partial charge is 0.494 e. The quantitative estimate of drug-likeness (QED) is 0.772. The first-order valence-corrected chi connectivity index (χ1v) is 9.27. The predicted molar refractivity (Wildman–Crippen MR) is 92.0 cm³/mol. The molecule has 2 heterocycles. The SMILES string of the molecule is CCCOc1ccc(N2C(=O)C[C@H](N3CCSCC3)C2=O)cc1. The van der Waals surface area contributed by atoms with E-state index in [0.717, 1.165) is 36.8 Å². The Morgan fingerprint density at radius 2 is 1.87 bits per heavy atom. The fraction of sp³-hybridized carbons (Fsp3) is 0.529. The van der Waals surface area contributed by atoms with Crippen molar-refractivity contribution in [2.45, 2.75) is 25.8 Å². The van der Waals surface area contributed by atoms with E-state index in [1.165, 1.54) is 4.90 Å². The molecule has 0 saturated carbocycles. The number of anilines is 1. The van der Waals surface area contributed by atoms with Gasteiger partial charge in [0.05, 0.1) is 24.8 Å². The number of hydrogen-bond donors (Lipinski definition) is 0. The molecule has 2 aliphatic heterocycles. The Balaban J connectivity index is 1.71. The third-order valence-corrected chi connectivity index (χ3v) is 5.12. The Bertz CT molecular complexity index is 570. The first-order chi connectivity index (χ1) is 11.2. The average Bonchev–Trinajstić information content (AvgIpc) is 2.89. The Hall–Kier alpha value is -1.53. The van der Waals surface area contributed by atoms with Crippen molar-refractivity contribution in [1.29, 1.82) is 0 Å². The highest BCUT2D eigenvalue weighted by Crippen LogP contribution is 2.28. The van der Waals surface area contributed by atoms with Gasteiger partial charge in [-0.05, 0) is 30.7 Å². The van der Waals surface area contributed by atoms with Gasteiger partial charge in [0.1, 0.15) is 5.75 Å². The third-order valence-electron chi connectivity index (χ3n) is 4.18. The summed E-state index contributed by atoms with van der Waals surface area (Å²) >= 11 is 1.90. The highest BCUT2D eigenvalue weighted by atomic mass is 32.2. The van der Waals surface area contributed by atoms with Crippen molar-refractivity contribution in [2.75, 3.05) is 36.1 Å². The number of rotatable bonds is 5. The molecule has 5 nitrogen and oxygen atoms in total. The number of carbonyl (C=O) groups excluding carboxylic acids is 2. The third kappa shape index (κ3) is 3.53. The van der Waals surface area contributed by atoms with Crippen LogP contribution in [0, 0.1) is 0 Å². The van der Waals surface area contributed by atoms with E-state index in [1.807, 2.05) is 23.9 Å². The summed E-state index contributed by atoms with van der Waals surface area (Å²) in [5.74, 6) is 2.62. The van der Waals surface area contributed by atoms with E-state index in [-0.39, 0.29) is 24.3 Å². The minimum atomic E-state index is -0.292.